The minimum Gasteiger partial charge on any atom is -0.346 e. The lowest BCUT2D eigenvalue weighted by molar-refractivity contribution is -0.139. The molecular formula is C12H19F3N4O. The number of halogens is 3. The number of amides is 1. The molecule has 0 aromatic carbocycles. The van der Waals surface area contributed by atoms with Gasteiger partial charge in [-0.05, 0) is 13.3 Å². The molecule has 0 spiro atoms. The Bertz CT molecular complexity index is 456. The van der Waals surface area contributed by atoms with Gasteiger partial charge in [-0.3, -0.25) is 9.48 Å². The summed E-state index contributed by atoms with van der Waals surface area (Å²) < 4.78 is 37.6. The van der Waals surface area contributed by atoms with Gasteiger partial charge in [0.25, 0.3) is 0 Å². The summed E-state index contributed by atoms with van der Waals surface area (Å²) in [6.45, 7) is 2.56. The summed E-state index contributed by atoms with van der Waals surface area (Å²) in [7, 11) is 1.79. The molecule has 0 bridgehead atoms. The van der Waals surface area contributed by atoms with Crippen LogP contribution in [0.25, 0.3) is 0 Å². The summed E-state index contributed by atoms with van der Waals surface area (Å²) >= 11 is 0. The number of hydrogen-bond donors (Lipinski definition) is 2. The molecule has 0 saturated carbocycles. The lowest BCUT2D eigenvalue weighted by atomic mass is 10.2. The first-order valence-electron chi connectivity index (χ1n) is 6.32. The zero-order chi connectivity index (χ0) is 15.3. The van der Waals surface area contributed by atoms with Gasteiger partial charge in [-0.1, -0.05) is 6.92 Å². The molecule has 8 heteroatoms. The minimum atomic E-state index is -4.39. The summed E-state index contributed by atoms with van der Waals surface area (Å²) in [5, 5.41) is 8.98. The number of aryl methyl sites for hydroxylation is 2. The van der Waals surface area contributed by atoms with Gasteiger partial charge in [0.05, 0.1) is 11.7 Å². The summed E-state index contributed by atoms with van der Waals surface area (Å²) in [6, 6.07) is -0.706. The Morgan fingerprint density at radius 3 is 2.70 bits per heavy atom. The quantitative estimate of drug-likeness (QED) is 0.826. The van der Waals surface area contributed by atoms with Gasteiger partial charge in [0.15, 0.2) is 0 Å². The Morgan fingerprint density at radius 1 is 1.50 bits per heavy atom. The molecule has 1 aromatic rings. The molecule has 1 amide bonds. The molecule has 1 rings (SSSR count). The normalized spacial score (nSPS) is 13.3. The van der Waals surface area contributed by atoms with Crippen molar-refractivity contribution in [2.24, 2.45) is 7.05 Å². The smallest absolute Gasteiger partial charge is 0.346 e. The average Bonchev–Trinajstić information content (AvgIpc) is 2.72. The fourth-order valence-corrected chi connectivity index (χ4v) is 1.73. The van der Waals surface area contributed by atoms with Crippen molar-refractivity contribution >= 4 is 5.91 Å². The minimum absolute atomic E-state index is 0.387. The van der Waals surface area contributed by atoms with E-state index in [0.717, 1.165) is 17.7 Å². The molecule has 1 heterocycles. The zero-order valence-electron chi connectivity index (χ0n) is 11.7. The van der Waals surface area contributed by atoms with Crippen molar-refractivity contribution < 1.29 is 18.0 Å². The van der Waals surface area contributed by atoms with E-state index in [4.69, 9.17) is 0 Å². The van der Waals surface area contributed by atoms with Crippen LogP contribution in [0.3, 0.4) is 0 Å². The van der Waals surface area contributed by atoms with Crippen LogP contribution in [0.15, 0.2) is 6.20 Å². The highest BCUT2D eigenvalue weighted by atomic mass is 19.4. The topological polar surface area (TPSA) is 59.0 Å². The molecule has 0 aliphatic carbocycles. The molecule has 0 saturated heterocycles. The van der Waals surface area contributed by atoms with Gasteiger partial charge in [0.2, 0.25) is 5.91 Å². The predicted octanol–water partition coefficient (Wildman–Crippen LogP) is 1.14. The second-order valence-corrected chi connectivity index (χ2v) is 4.56. The van der Waals surface area contributed by atoms with E-state index >= 15 is 0 Å². The highest BCUT2D eigenvalue weighted by molar-refractivity contribution is 5.81. The van der Waals surface area contributed by atoms with E-state index in [0.29, 0.717) is 6.54 Å². The van der Waals surface area contributed by atoms with Crippen LogP contribution in [0.4, 0.5) is 13.2 Å². The predicted molar refractivity (Wildman–Crippen MR) is 68.0 cm³/mol. The zero-order valence-corrected chi connectivity index (χ0v) is 11.7. The lowest BCUT2D eigenvalue weighted by Gasteiger charge is -2.15. The highest BCUT2D eigenvalue weighted by Crippen LogP contribution is 2.12. The van der Waals surface area contributed by atoms with Crippen LogP contribution in [0.5, 0.6) is 0 Å². The van der Waals surface area contributed by atoms with Gasteiger partial charge < -0.3 is 10.6 Å². The van der Waals surface area contributed by atoms with Crippen molar-refractivity contribution in [1.82, 2.24) is 20.4 Å². The third kappa shape index (κ3) is 5.20. The van der Waals surface area contributed by atoms with E-state index in [9.17, 15) is 18.0 Å². The van der Waals surface area contributed by atoms with Crippen molar-refractivity contribution in [3.05, 3.63) is 17.5 Å². The number of carbonyl (C=O) groups excluding carboxylic acids is 1. The molecule has 1 unspecified atom stereocenters. The Hall–Kier alpha value is -1.57. The maximum absolute atomic E-state index is 12.0. The highest BCUT2D eigenvalue weighted by Gasteiger charge is 2.28. The molecule has 114 valence electrons. The Balaban J connectivity index is 2.46. The number of carbonyl (C=O) groups is 1. The van der Waals surface area contributed by atoms with E-state index in [1.807, 2.05) is 18.4 Å². The van der Waals surface area contributed by atoms with Crippen molar-refractivity contribution in [3.63, 3.8) is 0 Å². The van der Waals surface area contributed by atoms with Crippen LogP contribution in [0.1, 0.15) is 25.1 Å². The number of nitrogens with one attached hydrogen (secondary N) is 2. The van der Waals surface area contributed by atoms with Crippen molar-refractivity contribution in [1.29, 1.82) is 0 Å². The van der Waals surface area contributed by atoms with E-state index in [2.05, 4.69) is 10.4 Å². The first kappa shape index (κ1) is 16.5. The summed E-state index contributed by atoms with van der Waals surface area (Å²) in [5.74, 6) is -0.677. The van der Waals surface area contributed by atoms with Crippen LogP contribution in [-0.2, 0) is 24.8 Å². The summed E-state index contributed by atoms with van der Waals surface area (Å²) in [6.07, 6.45) is -1.81. The van der Waals surface area contributed by atoms with Gasteiger partial charge >= 0.3 is 6.18 Å². The van der Waals surface area contributed by atoms with Crippen LogP contribution in [0.2, 0.25) is 0 Å². The van der Waals surface area contributed by atoms with Gasteiger partial charge in [-0.2, -0.15) is 18.3 Å². The molecule has 2 N–H and O–H groups in total. The lowest BCUT2D eigenvalue weighted by Crippen LogP contribution is -2.45. The number of alkyl halides is 3. The fraction of sp³-hybridized carbons (Fsp3) is 0.667. The van der Waals surface area contributed by atoms with Crippen LogP contribution in [0, 0.1) is 0 Å². The first-order chi connectivity index (χ1) is 9.23. The maximum Gasteiger partial charge on any atom is 0.405 e. The molecule has 1 atom stereocenters. The average molecular weight is 292 g/mol. The van der Waals surface area contributed by atoms with Gasteiger partial charge in [0.1, 0.15) is 6.54 Å². The van der Waals surface area contributed by atoms with E-state index in [1.165, 1.54) is 6.92 Å². The summed E-state index contributed by atoms with van der Waals surface area (Å²) in [5.41, 5.74) is 1.84. The largest absolute Gasteiger partial charge is 0.405 e. The van der Waals surface area contributed by atoms with Crippen LogP contribution >= 0.6 is 0 Å². The number of aromatic nitrogens is 2. The molecule has 1 aromatic heterocycles. The maximum atomic E-state index is 12.0. The molecule has 20 heavy (non-hydrogen) atoms. The van der Waals surface area contributed by atoms with Crippen molar-refractivity contribution in [2.75, 3.05) is 6.54 Å². The molecule has 0 fully saturated rings. The first-order valence-corrected chi connectivity index (χ1v) is 6.32. The number of hydrogen-bond acceptors (Lipinski definition) is 3. The second-order valence-electron chi connectivity index (χ2n) is 4.56. The SMILES string of the molecule is CCc1nn(C)cc1CNC(C)C(=O)NCC(F)(F)F. The molecule has 0 aliphatic heterocycles. The van der Waals surface area contributed by atoms with Crippen molar-refractivity contribution in [2.45, 2.75) is 39.0 Å². The fourth-order valence-electron chi connectivity index (χ4n) is 1.73. The van der Waals surface area contributed by atoms with E-state index in [-0.39, 0.29) is 0 Å². The van der Waals surface area contributed by atoms with E-state index in [1.54, 1.807) is 11.7 Å². The monoisotopic (exact) mass is 292 g/mol. The van der Waals surface area contributed by atoms with Crippen LogP contribution < -0.4 is 10.6 Å². The molecule has 0 aliphatic rings. The van der Waals surface area contributed by atoms with Crippen LogP contribution in [-0.4, -0.2) is 34.5 Å². The van der Waals surface area contributed by atoms with Gasteiger partial charge in [-0.25, -0.2) is 0 Å². The Kier molecular flexibility index (Phi) is 5.55. The summed E-state index contributed by atoms with van der Waals surface area (Å²) in [4.78, 5) is 11.5. The third-order valence-electron chi connectivity index (χ3n) is 2.78. The number of rotatable bonds is 6. The Morgan fingerprint density at radius 2 is 2.15 bits per heavy atom. The second kappa shape index (κ2) is 6.74. The molecular weight excluding hydrogens is 273 g/mol. The van der Waals surface area contributed by atoms with E-state index < -0.39 is 24.7 Å². The number of nitrogens with zero attached hydrogens (tertiary/aromatic N) is 2. The van der Waals surface area contributed by atoms with Crippen molar-refractivity contribution in [3.8, 4) is 0 Å². The Labute approximate surface area is 115 Å². The van der Waals surface area contributed by atoms with Gasteiger partial charge in [0, 0.05) is 25.4 Å². The molecule has 0 radical (unpaired) electrons. The third-order valence-corrected chi connectivity index (χ3v) is 2.78. The molecule has 5 nitrogen and oxygen atoms in total. The standard InChI is InChI=1S/C12H19F3N4O/c1-4-10-9(6-19(3)18-10)5-16-8(2)11(20)17-7-12(13,14)15/h6,8,16H,4-5,7H2,1-3H3,(H,17,20). The van der Waals surface area contributed by atoms with Gasteiger partial charge in [-0.15, -0.1) is 0 Å².